The summed E-state index contributed by atoms with van der Waals surface area (Å²) in [5.41, 5.74) is -0.657. The third-order valence-corrected chi connectivity index (χ3v) is 8.98. The lowest BCUT2D eigenvalue weighted by molar-refractivity contribution is -0.384. The second-order valence-corrected chi connectivity index (χ2v) is 11.8. The van der Waals surface area contributed by atoms with Crippen LogP contribution in [0.5, 0.6) is 17.2 Å². The van der Waals surface area contributed by atoms with E-state index in [1.807, 2.05) is 0 Å². The van der Waals surface area contributed by atoms with Crippen molar-refractivity contribution in [1.29, 1.82) is 0 Å². The Hall–Kier alpha value is -3.62. The molecule has 0 aromatic heterocycles. The number of hydrogen-bond donors (Lipinski definition) is 0. The zero-order valence-electron chi connectivity index (χ0n) is 23.4. The monoisotopic (exact) mass is 654 g/mol. The molecule has 0 aliphatic carbocycles. The summed E-state index contributed by atoms with van der Waals surface area (Å²) >= 11 is 12.5. The van der Waals surface area contributed by atoms with E-state index in [0.717, 1.165) is 24.3 Å². The third-order valence-electron chi connectivity index (χ3n) is 6.91. The topological polar surface area (TPSA) is 144 Å². The van der Waals surface area contributed by atoms with Gasteiger partial charge in [0.1, 0.15) is 5.60 Å². The van der Waals surface area contributed by atoms with Gasteiger partial charge in [0.2, 0.25) is 5.75 Å². The van der Waals surface area contributed by atoms with Gasteiger partial charge in [0.15, 0.2) is 11.5 Å². The zero-order chi connectivity index (χ0) is 31.4. The first-order chi connectivity index (χ1) is 20.4. The van der Waals surface area contributed by atoms with Crippen LogP contribution >= 0.6 is 23.2 Å². The van der Waals surface area contributed by atoms with Crippen molar-refractivity contribution < 1.29 is 41.3 Å². The number of hydrogen-bond acceptors (Lipinski definition) is 10. The largest absolute Gasteiger partial charge is 0.493 e. The smallest absolute Gasteiger partial charge is 0.296 e. The van der Waals surface area contributed by atoms with Crippen LogP contribution in [0.2, 0.25) is 10.0 Å². The Kier molecular flexibility index (Phi) is 10.0. The van der Waals surface area contributed by atoms with Crippen molar-refractivity contribution in [2.75, 3.05) is 47.6 Å². The number of morpholine rings is 1. The second kappa shape index (κ2) is 13.3. The molecule has 230 valence electrons. The molecule has 3 aromatic rings. The molecule has 1 fully saturated rings. The van der Waals surface area contributed by atoms with Crippen LogP contribution in [0.1, 0.15) is 22.3 Å². The molecule has 3 aromatic carbocycles. The van der Waals surface area contributed by atoms with Crippen molar-refractivity contribution in [2.24, 2.45) is 0 Å². The third kappa shape index (κ3) is 6.97. The fraction of sp³-hybridized carbons (Fsp3) is 0.321. The molecule has 0 N–H and O–H groups in total. The van der Waals surface area contributed by atoms with Crippen LogP contribution in [0.25, 0.3) is 0 Å². The van der Waals surface area contributed by atoms with E-state index < -0.39 is 20.6 Å². The summed E-state index contributed by atoms with van der Waals surface area (Å²) in [4.78, 5) is 25.4. The van der Waals surface area contributed by atoms with Crippen LogP contribution in [0, 0.1) is 10.1 Å². The van der Waals surface area contributed by atoms with Gasteiger partial charge in [-0.2, -0.15) is 8.42 Å². The summed E-state index contributed by atoms with van der Waals surface area (Å²) in [6.07, 6.45) is -0.00376. The Morgan fingerprint density at radius 1 is 1.00 bits per heavy atom. The number of halogens is 2. The molecule has 1 amide bonds. The highest BCUT2D eigenvalue weighted by Gasteiger charge is 2.41. The molecule has 1 heterocycles. The molecule has 1 atom stereocenters. The Bertz CT molecular complexity index is 1590. The number of carbonyl (C=O) groups excluding carboxylic acids is 1. The van der Waals surface area contributed by atoms with E-state index in [1.54, 1.807) is 35.2 Å². The van der Waals surface area contributed by atoms with Gasteiger partial charge < -0.3 is 23.8 Å². The molecule has 43 heavy (non-hydrogen) atoms. The molecule has 1 saturated heterocycles. The molecule has 1 aliphatic heterocycles. The van der Waals surface area contributed by atoms with E-state index in [0.29, 0.717) is 27.8 Å². The van der Waals surface area contributed by atoms with Gasteiger partial charge in [0.25, 0.3) is 21.7 Å². The van der Waals surface area contributed by atoms with E-state index in [1.165, 1.54) is 21.3 Å². The number of nitrogens with zero attached hydrogens (tertiary/aromatic N) is 2. The van der Waals surface area contributed by atoms with Crippen molar-refractivity contribution >= 4 is 44.9 Å². The highest BCUT2D eigenvalue weighted by molar-refractivity contribution is 7.86. The van der Waals surface area contributed by atoms with Crippen LogP contribution in [0.4, 0.5) is 5.69 Å². The van der Waals surface area contributed by atoms with Crippen LogP contribution in [0.15, 0.2) is 59.5 Å². The van der Waals surface area contributed by atoms with Gasteiger partial charge in [-0.25, -0.2) is 0 Å². The Morgan fingerprint density at radius 3 is 2.21 bits per heavy atom. The van der Waals surface area contributed by atoms with E-state index in [-0.39, 0.29) is 59.8 Å². The minimum atomic E-state index is -4.27. The maximum Gasteiger partial charge on any atom is 0.296 e. The van der Waals surface area contributed by atoms with Gasteiger partial charge in [-0.1, -0.05) is 29.3 Å². The molecule has 15 heteroatoms. The summed E-state index contributed by atoms with van der Waals surface area (Å²) in [7, 11) is 0.0794. The number of nitro benzene ring substituents is 1. The standard InChI is InChI=1S/C28H28Cl2N2O10S/c1-38-24-14-18(15-25(39-2)26(24)40-3)27(33)31-11-13-41-28(17-31,19-4-9-22(29)23(30)16-19)10-12-42-43(36,37)21-7-5-20(6-8-21)32(34)35/h4-9,14-16H,10-13,17H2,1-3H3. The number of methoxy groups -OCH3 is 3. The summed E-state index contributed by atoms with van der Waals surface area (Å²) in [5, 5.41) is 11.5. The lowest BCUT2D eigenvalue weighted by atomic mass is 9.88. The number of rotatable bonds is 11. The minimum Gasteiger partial charge on any atom is -0.493 e. The van der Waals surface area contributed by atoms with Gasteiger partial charge in [-0.3, -0.25) is 19.1 Å². The predicted molar refractivity (Wildman–Crippen MR) is 157 cm³/mol. The quantitative estimate of drug-likeness (QED) is 0.156. The van der Waals surface area contributed by atoms with Gasteiger partial charge in [-0.05, 0) is 42.0 Å². The van der Waals surface area contributed by atoms with Gasteiger partial charge in [0.05, 0.1) is 61.0 Å². The van der Waals surface area contributed by atoms with E-state index in [4.69, 9.17) is 46.3 Å². The molecule has 1 aliphatic rings. The van der Waals surface area contributed by atoms with E-state index in [9.17, 15) is 23.3 Å². The molecule has 0 bridgehead atoms. The number of ether oxygens (including phenoxy) is 4. The average Bonchev–Trinajstić information content (AvgIpc) is 3.01. The molecule has 12 nitrogen and oxygen atoms in total. The summed E-state index contributed by atoms with van der Waals surface area (Å²) < 4.78 is 53.4. The first kappa shape index (κ1) is 32.3. The minimum absolute atomic E-state index is 0.00376. The summed E-state index contributed by atoms with van der Waals surface area (Å²) in [5.74, 6) is 0.588. The first-order valence-corrected chi connectivity index (χ1v) is 14.9. The van der Waals surface area contributed by atoms with Crippen molar-refractivity contribution in [1.82, 2.24) is 4.90 Å². The molecule has 0 radical (unpaired) electrons. The normalized spacial score (nSPS) is 16.9. The maximum atomic E-state index is 13.8. The Morgan fingerprint density at radius 2 is 1.65 bits per heavy atom. The zero-order valence-corrected chi connectivity index (χ0v) is 25.7. The van der Waals surface area contributed by atoms with Crippen LogP contribution in [0.3, 0.4) is 0 Å². The second-order valence-electron chi connectivity index (χ2n) is 9.39. The maximum absolute atomic E-state index is 13.8. The van der Waals surface area contributed by atoms with Crippen molar-refractivity contribution in [2.45, 2.75) is 16.9 Å². The van der Waals surface area contributed by atoms with Gasteiger partial charge in [0, 0.05) is 30.7 Å². The lowest BCUT2D eigenvalue weighted by Gasteiger charge is -2.43. The van der Waals surface area contributed by atoms with E-state index >= 15 is 0 Å². The fourth-order valence-corrected chi connectivity index (χ4v) is 5.92. The summed E-state index contributed by atoms with van der Waals surface area (Å²) in [6.45, 7) is 0.0270. The predicted octanol–water partition coefficient (Wildman–Crippen LogP) is 5.09. The SMILES string of the molecule is COc1cc(C(=O)N2CCOC(CCOS(=O)(=O)c3ccc([N+](=O)[O-])cc3)(c3ccc(Cl)c(Cl)c3)C2)cc(OC)c1OC. The molecular formula is C28H28Cl2N2O10S. The number of nitro groups is 1. The van der Waals surface area contributed by atoms with Gasteiger partial charge >= 0.3 is 0 Å². The molecule has 4 rings (SSSR count). The van der Waals surface area contributed by atoms with Crippen molar-refractivity contribution in [3.63, 3.8) is 0 Å². The average molecular weight is 656 g/mol. The number of non-ortho nitro benzene ring substituents is 1. The molecule has 1 unspecified atom stereocenters. The molecule has 0 saturated carbocycles. The van der Waals surface area contributed by atoms with Crippen LogP contribution < -0.4 is 14.2 Å². The Labute approximate surface area is 258 Å². The van der Waals surface area contributed by atoms with E-state index in [2.05, 4.69) is 0 Å². The molecule has 0 spiro atoms. The number of amides is 1. The van der Waals surface area contributed by atoms with Crippen molar-refractivity contribution in [3.8, 4) is 17.2 Å². The number of benzene rings is 3. The van der Waals surface area contributed by atoms with Crippen LogP contribution in [-0.2, 0) is 24.6 Å². The van der Waals surface area contributed by atoms with Gasteiger partial charge in [-0.15, -0.1) is 0 Å². The molecular weight excluding hydrogens is 627 g/mol. The highest BCUT2D eigenvalue weighted by Crippen LogP contribution is 2.40. The lowest BCUT2D eigenvalue weighted by Crippen LogP contribution is -2.52. The Balaban J connectivity index is 1.62. The first-order valence-electron chi connectivity index (χ1n) is 12.8. The fourth-order valence-electron chi connectivity index (χ4n) is 4.71. The number of carbonyl (C=O) groups is 1. The van der Waals surface area contributed by atoms with Crippen LogP contribution in [-0.4, -0.2) is 71.8 Å². The highest BCUT2D eigenvalue weighted by atomic mass is 35.5. The van der Waals surface area contributed by atoms with Crippen molar-refractivity contribution in [3.05, 3.63) is 85.9 Å². The summed E-state index contributed by atoms with van der Waals surface area (Å²) in [6, 6.07) is 12.3.